The van der Waals surface area contributed by atoms with E-state index in [0.717, 1.165) is 41.8 Å². The van der Waals surface area contributed by atoms with Gasteiger partial charge >= 0.3 is 0 Å². The van der Waals surface area contributed by atoms with Crippen molar-refractivity contribution in [2.24, 2.45) is 11.8 Å². The zero-order chi connectivity index (χ0) is 20.0. The molecule has 152 valence electrons. The van der Waals surface area contributed by atoms with Crippen molar-refractivity contribution in [2.45, 2.75) is 24.7 Å². The fourth-order valence-electron chi connectivity index (χ4n) is 4.63. The Kier molecular flexibility index (Phi) is 4.80. The van der Waals surface area contributed by atoms with Gasteiger partial charge in [-0.25, -0.2) is 13.4 Å². The Morgan fingerprint density at radius 1 is 1.03 bits per heavy atom. The molecule has 0 aliphatic carbocycles. The van der Waals surface area contributed by atoms with Crippen molar-refractivity contribution in [3.8, 4) is 0 Å². The summed E-state index contributed by atoms with van der Waals surface area (Å²) in [5, 5.41) is 0. The van der Waals surface area contributed by atoms with Gasteiger partial charge in [-0.3, -0.25) is 4.98 Å². The van der Waals surface area contributed by atoms with Crippen molar-refractivity contribution >= 4 is 37.3 Å². The van der Waals surface area contributed by atoms with E-state index in [1.54, 1.807) is 21.9 Å². The SMILES string of the molecule is Cc1cc(N2CC[C@@H]3CN(S(=O)(=O)c4ccc5ncsc5c4)C[C@@H]3CC2)ccn1. The smallest absolute Gasteiger partial charge is 0.243 e. The van der Waals surface area contributed by atoms with Crippen LogP contribution in [0.15, 0.2) is 46.9 Å². The third-order valence-corrected chi connectivity index (χ3v) is 8.89. The van der Waals surface area contributed by atoms with Gasteiger partial charge < -0.3 is 4.90 Å². The summed E-state index contributed by atoms with van der Waals surface area (Å²) in [5.41, 5.74) is 4.86. The molecule has 3 aromatic rings. The standard InChI is InChI=1S/C21H24N4O2S2/c1-15-10-18(4-7-22-15)24-8-5-16-12-25(13-17(16)6-9-24)29(26,27)19-2-3-20-21(11-19)28-14-23-20/h2-4,7,10-11,14,16-17H,5-6,8-9,12-13H2,1H3/t16-,17+. The fraction of sp³-hybridized carbons (Fsp3) is 0.429. The lowest BCUT2D eigenvalue weighted by Crippen LogP contribution is -2.31. The first-order chi connectivity index (χ1) is 14.0. The number of aromatic nitrogens is 2. The summed E-state index contributed by atoms with van der Waals surface area (Å²) in [6, 6.07) is 9.47. The summed E-state index contributed by atoms with van der Waals surface area (Å²) in [6.45, 7) is 5.19. The molecule has 0 unspecified atom stereocenters. The van der Waals surface area contributed by atoms with Crippen molar-refractivity contribution in [3.05, 3.63) is 47.7 Å². The van der Waals surface area contributed by atoms with Crippen molar-refractivity contribution in [3.63, 3.8) is 0 Å². The van der Waals surface area contributed by atoms with Crippen LogP contribution in [0.1, 0.15) is 18.5 Å². The fourth-order valence-corrected chi connectivity index (χ4v) is 7.00. The molecule has 2 saturated heterocycles. The van der Waals surface area contributed by atoms with Gasteiger partial charge in [-0.1, -0.05) is 0 Å². The molecule has 29 heavy (non-hydrogen) atoms. The van der Waals surface area contributed by atoms with Gasteiger partial charge in [-0.15, -0.1) is 11.3 Å². The minimum absolute atomic E-state index is 0.389. The molecule has 0 bridgehead atoms. The van der Waals surface area contributed by atoms with E-state index in [-0.39, 0.29) is 0 Å². The molecule has 2 atom stereocenters. The number of aryl methyl sites for hydroxylation is 1. The van der Waals surface area contributed by atoms with Crippen LogP contribution in [0, 0.1) is 18.8 Å². The van der Waals surface area contributed by atoms with E-state index in [2.05, 4.69) is 27.0 Å². The van der Waals surface area contributed by atoms with Gasteiger partial charge in [0.15, 0.2) is 0 Å². The third kappa shape index (κ3) is 3.53. The molecule has 2 aliphatic rings. The Labute approximate surface area is 175 Å². The van der Waals surface area contributed by atoms with Crippen LogP contribution in [-0.4, -0.2) is 48.9 Å². The predicted molar refractivity (Wildman–Crippen MR) is 116 cm³/mol. The molecule has 1 aromatic carbocycles. The molecular formula is C21H24N4O2S2. The first-order valence-corrected chi connectivity index (χ1v) is 12.3. The van der Waals surface area contributed by atoms with Crippen LogP contribution in [0.3, 0.4) is 0 Å². The van der Waals surface area contributed by atoms with Gasteiger partial charge in [0.1, 0.15) is 0 Å². The number of thiazole rings is 1. The van der Waals surface area contributed by atoms with Gasteiger partial charge in [0, 0.05) is 43.8 Å². The second-order valence-corrected chi connectivity index (χ2v) is 10.9. The number of nitrogens with zero attached hydrogens (tertiary/aromatic N) is 4. The maximum absolute atomic E-state index is 13.2. The molecule has 5 rings (SSSR count). The Bertz CT molecular complexity index is 1130. The topological polar surface area (TPSA) is 66.4 Å². The van der Waals surface area contributed by atoms with Crippen LogP contribution in [0.25, 0.3) is 10.2 Å². The second kappa shape index (κ2) is 7.34. The van der Waals surface area contributed by atoms with E-state index in [1.165, 1.54) is 17.0 Å². The van der Waals surface area contributed by atoms with E-state index >= 15 is 0 Å². The number of hydrogen-bond donors (Lipinski definition) is 0. The second-order valence-electron chi connectivity index (χ2n) is 8.04. The minimum atomic E-state index is -3.46. The molecule has 4 heterocycles. The number of fused-ring (bicyclic) bond motifs is 2. The zero-order valence-electron chi connectivity index (χ0n) is 16.4. The third-order valence-electron chi connectivity index (χ3n) is 6.27. The molecule has 2 aromatic heterocycles. The lowest BCUT2D eigenvalue weighted by Gasteiger charge is -2.24. The molecule has 0 N–H and O–H groups in total. The average molecular weight is 429 g/mol. The largest absolute Gasteiger partial charge is 0.371 e. The molecule has 2 aliphatic heterocycles. The van der Waals surface area contributed by atoms with E-state index in [4.69, 9.17) is 0 Å². The van der Waals surface area contributed by atoms with Crippen molar-refractivity contribution < 1.29 is 8.42 Å². The van der Waals surface area contributed by atoms with Gasteiger partial charge in [0.25, 0.3) is 0 Å². The highest BCUT2D eigenvalue weighted by molar-refractivity contribution is 7.89. The lowest BCUT2D eigenvalue weighted by molar-refractivity contribution is 0.409. The maximum Gasteiger partial charge on any atom is 0.243 e. The molecular weight excluding hydrogens is 404 g/mol. The zero-order valence-corrected chi connectivity index (χ0v) is 18.0. The molecule has 2 fully saturated rings. The highest BCUT2D eigenvalue weighted by atomic mass is 32.2. The average Bonchev–Trinajstić information content (AvgIpc) is 3.30. The maximum atomic E-state index is 13.2. The number of hydrogen-bond acceptors (Lipinski definition) is 6. The normalized spacial score (nSPS) is 23.3. The summed E-state index contributed by atoms with van der Waals surface area (Å²) in [5.74, 6) is 0.842. The predicted octanol–water partition coefficient (Wildman–Crippen LogP) is 3.54. The Morgan fingerprint density at radius 3 is 2.52 bits per heavy atom. The van der Waals surface area contributed by atoms with Gasteiger partial charge in [0.2, 0.25) is 10.0 Å². The van der Waals surface area contributed by atoms with Crippen molar-refractivity contribution in [2.75, 3.05) is 31.1 Å². The van der Waals surface area contributed by atoms with Crippen LogP contribution in [-0.2, 0) is 10.0 Å². The number of anilines is 1. The van der Waals surface area contributed by atoms with E-state index in [1.807, 2.05) is 19.2 Å². The van der Waals surface area contributed by atoms with Gasteiger partial charge in [-0.2, -0.15) is 4.31 Å². The Balaban J connectivity index is 1.31. The summed E-state index contributed by atoms with van der Waals surface area (Å²) >= 11 is 1.48. The highest BCUT2D eigenvalue weighted by Crippen LogP contribution is 2.36. The van der Waals surface area contributed by atoms with Crippen molar-refractivity contribution in [1.29, 1.82) is 0 Å². The highest BCUT2D eigenvalue weighted by Gasteiger charge is 2.40. The van der Waals surface area contributed by atoms with E-state index in [0.29, 0.717) is 29.8 Å². The van der Waals surface area contributed by atoms with Crippen LogP contribution in [0.2, 0.25) is 0 Å². The summed E-state index contributed by atoms with van der Waals surface area (Å²) in [6.07, 6.45) is 3.91. The number of benzene rings is 1. The lowest BCUT2D eigenvalue weighted by atomic mass is 9.92. The van der Waals surface area contributed by atoms with Crippen LogP contribution in [0.4, 0.5) is 5.69 Å². The molecule has 6 nitrogen and oxygen atoms in total. The summed E-state index contributed by atoms with van der Waals surface area (Å²) in [7, 11) is -3.46. The van der Waals surface area contributed by atoms with E-state index < -0.39 is 10.0 Å². The Hall–Kier alpha value is -2.03. The molecule has 0 saturated carbocycles. The van der Waals surface area contributed by atoms with Crippen LogP contribution < -0.4 is 4.90 Å². The van der Waals surface area contributed by atoms with Crippen LogP contribution >= 0.6 is 11.3 Å². The quantitative estimate of drug-likeness (QED) is 0.638. The summed E-state index contributed by atoms with van der Waals surface area (Å²) < 4.78 is 29.1. The molecule has 0 amide bonds. The summed E-state index contributed by atoms with van der Waals surface area (Å²) in [4.78, 5) is 11.3. The monoisotopic (exact) mass is 428 g/mol. The van der Waals surface area contributed by atoms with Gasteiger partial charge in [-0.05, 0) is 61.9 Å². The molecule has 0 radical (unpaired) electrons. The van der Waals surface area contributed by atoms with Gasteiger partial charge in [0.05, 0.1) is 20.6 Å². The number of rotatable bonds is 3. The Morgan fingerprint density at radius 2 is 1.79 bits per heavy atom. The number of pyridine rings is 1. The van der Waals surface area contributed by atoms with E-state index in [9.17, 15) is 8.42 Å². The van der Waals surface area contributed by atoms with Crippen molar-refractivity contribution in [1.82, 2.24) is 14.3 Å². The molecule has 8 heteroatoms. The minimum Gasteiger partial charge on any atom is -0.371 e. The first kappa shape index (κ1) is 19.0. The van der Waals surface area contributed by atoms with Crippen LogP contribution in [0.5, 0.6) is 0 Å². The number of sulfonamides is 1. The molecule has 0 spiro atoms. The first-order valence-electron chi connectivity index (χ1n) is 10.0.